The molecule has 146 valence electrons. The Balaban J connectivity index is 2.26. The molecule has 0 aliphatic rings. The van der Waals surface area contributed by atoms with E-state index in [-0.39, 0.29) is 10.7 Å². The number of hydrazone groups is 1. The summed E-state index contributed by atoms with van der Waals surface area (Å²) in [6.45, 7) is 6.35. The molecule has 5 nitrogen and oxygen atoms in total. The van der Waals surface area contributed by atoms with Gasteiger partial charge in [-0.2, -0.15) is 5.10 Å². The van der Waals surface area contributed by atoms with Crippen LogP contribution in [-0.2, 0) is 0 Å². The smallest absolute Gasteiger partial charge is 0.262 e. The van der Waals surface area contributed by atoms with E-state index in [9.17, 15) is 14.0 Å². The number of nitrogens with two attached hydrogens (primary N) is 1. The molecule has 0 aliphatic carbocycles. The summed E-state index contributed by atoms with van der Waals surface area (Å²) in [6, 6.07) is 12.7. The first-order chi connectivity index (χ1) is 13.5. The first kappa shape index (κ1) is 21.4. The molecular weight excluding hydrogens is 377 g/mol. The van der Waals surface area contributed by atoms with Crippen LogP contribution in [0.4, 0.5) is 4.39 Å². The summed E-state index contributed by atoms with van der Waals surface area (Å²) in [5.41, 5.74) is 1.28. The molecule has 2 aromatic rings. The van der Waals surface area contributed by atoms with E-state index in [1.54, 1.807) is 30.3 Å². The number of halogens is 1. The Labute approximate surface area is 168 Å². The Morgan fingerprint density at radius 3 is 2.50 bits per heavy atom. The van der Waals surface area contributed by atoms with Gasteiger partial charge in [0.1, 0.15) is 12.1 Å². The zero-order valence-corrected chi connectivity index (χ0v) is 16.4. The second-order valence-electron chi connectivity index (χ2n) is 5.97. The molecular formula is C21H22FN3O2S. The minimum atomic E-state index is -0.598. The summed E-state index contributed by atoms with van der Waals surface area (Å²) < 4.78 is 14.1. The minimum absolute atomic E-state index is 0.0405. The van der Waals surface area contributed by atoms with Crippen molar-refractivity contribution in [2.24, 2.45) is 10.9 Å². The molecule has 0 spiro atoms. The molecule has 0 saturated carbocycles. The molecule has 2 rings (SSSR count). The van der Waals surface area contributed by atoms with Crippen LogP contribution in [-0.4, -0.2) is 28.8 Å². The van der Waals surface area contributed by atoms with Crippen molar-refractivity contribution in [1.29, 1.82) is 0 Å². The fraction of sp³-hybridized carbons (Fsp3) is 0.190. The second-order valence-corrected chi connectivity index (χ2v) is 7.03. The van der Waals surface area contributed by atoms with Crippen molar-refractivity contribution in [2.75, 3.05) is 6.54 Å². The average molecular weight is 399 g/mol. The van der Waals surface area contributed by atoms with E-state index >= 15 is 0 Å². The van der Waals surface area contributed by atoms with Crippen LogP contribution in [0.5, 0.6) is 0 Å². The number of rotatable bonds is 7. The van der Waals surface area contributed by atoms with Crippen molar-refractivity contribution >= 4 is 34.0 Å². The number of benzene rings is 2. The van der Waals surface area contributed by atoms with Crippen LogP contribution in [0.3, 0.4) is 0 Å². The van der Waals surface area contributed by atoms with E-state index in [0.717, 1.165) is 30.0 Å². The van der Waals surface area contributed by atoms with Crippen LogP contribution in [0, 0.1) is 5.82 Å². The van der Waals surface area contributed by atoms with Gasteiger partial charge in [0.05, 0.1) is 5.56 Å². The molecule has 0 aliphatic heterocycles. The van der Waals surface area contributed by atoms with E-state index in [1.165, 1.54) is 23.1 Å². The maximum Gasteiger partial charge on any atom is 0.262 e. The molecule has 0 unspecified atom stereocenters. The first-order valence-corrected chi connectivity index (χ1v) is 9.60. The highest BCUT2D eigenvalue weighted by molar-refractivity contribution is 8.21. The van der Waals surface area contributed by atoms with E-state index < -0.39 is 11.7 Å². The van der Waals surface area contributed by atoms with E-state index in [2.05, 4.69) is 11.7 Å². The van der Waals surface area contributed by atoms with Crippen molar-refractivity contribution in [1.82, 2.24) is 4.90 Å². The topological polar surface area (TPSA) is 75.8 Å². The highest BCUT2D eigenvalue weighted by Crippen LogP contribution is 2.29. The highest BCUT2D eigenvalue weighted by atomic mass is 32.2. The third kappa shape index (κ3) is 5.29. The van der Waals surface area contributed by atoms with Crippen LogP contribution in [0.1, 0.15) is 46.0 Å². The van der Waals surface area contributed by atoms with Crippen molar-refractivity contribution < 1.29 is 14.0 Å². The summed E-state index contributed by atoms with van der Waals surface area (Å²) in [6.07, 6.45) is 2.31. The average Bonchev–Trinajstić information content (AvgIpc) is 2.73. The molecule has 28 heavy (non-hydrogen) atoms. The van der Waals surface area contributed by atoms with Gasteiger partial charge in [-0.3, -0.25) is 14.5 Å². The molecule has 0 fully saturated rings. The lowest BCUT2D eigenvalue weighted by Gasteiger charge is -2.24. The number of aldehydes is 1. The van der Waals surface area contributed by atoms with Crippen molar-refractivity contribution in [2.45, 2.75) is 19.8 Å². The maximum atomic E-state index is 14.1. The second kappa shape index (κ2) is 10.4. The zero-order chi connectivity index (χ0) is 20.5. The molecule has 0 saturated heterocycles. The molecule has 0 bridgehead atoms. The molecule has 2 aromatic carbocycles. The predicted molar refractivity (Wildman–Crippen MR) is 112 cm³/mol. The Morgan fingerprint density at radius 1 is 1.25 bits per heavy atom. The van der Waals surface area contributed by atoms with Gasteiger partial charge in [-0.15, -0.1) is 0 Å². The van der Waals surface area contributed by atoms with Gasteiger partial charge in [0.2, 0.25) is 0 Å². The monoisotopic (exact) mass is 399 g/mol. The molecule has 0 aromatic heterocycles. The van der Waals surface area contributed by atoms with Gasteiger partial charge in [-0.05, 0) is 35.9 Å². The van der Waals surface area contributed by atoms with Crippen LogP contribution in [0.15, 0.2) is 60.2 Å². The van der Waals surface area contributed by atoms with E-state index in [0.29, 0.717) is 23.4 Å². The Morgan fingerprint density at radius 2 is 1.93 bits per heavy atom. The highest BCUT2D eigenvalue weighted by Gasteiger charge is 2.24. The molecule has 0 radical (unpaired) electrons. The number of unbranched alkanes of at least 4 members (excludes halogenated alkanes) is 1. The Kier molecular flexibility index (Phi) is 7.95. The molecule has 0 heterocycles. The lowest BCUT2D eigenvalue weighted by molar-refractivity contribution is 0.0844. The molecule has 0 atom stereocenters. The van der Waals surface area contributed by atoms with Crippen molar-refractivity contribution in [3.05, 3.63) is 77.6 Å². The third-order valence-corrected chi connectivity index (χ3v) is 5.00. The molecule has 2 N–H and O–H groups in total. The Hall–Kier alpha value is -2.93. The summed E-state index contributed by atoms with van der Waals surface area (Å²) in [5, 5.41) is 3.99. The zero-order valence-electron chi connectivity index (χ0n) is 15.6. The summed E-state index contributed by atoms with van der Waals surface area (Å²) in [5.74, 6) is 4.46. The number of carbonyl (C=O) groups is 2. The van der Waals surface area contributed by atoms with E-state index in [4.69, 9.17) is 5.84 Å². The fourth-order valence-electron chi connectivity index (χ4n) is 2.45. The van der Waals surface area contributed by atoms with Gasteiger partial charge in [-0.25, -0.2) is 4.39 Å². The van der Waals surface area contributed by atoms with Crippen LogP contribution >= 0.6 is 11.8 Å². The lowest BCUT2D eigenvalue weighted by atomic mass is 10.1. The first-order valence-electron chi connectivity index (χ1n) is 8.78. The Bertz CT molecular complexity index is 881. The number of hydrogen-bond donors (Lipinski definition) is 1. The lowest BCUT2D eigenvalue weighted by Crippen LogP contribution is -2.37. The number of amides is 1. The number of thioether (sulfide) groups is 1. The number of amidine groups is 1. The number of nitrogens with zero attached hydrogens (tertiary/aromatic N) is 2. The summed E-state index contributed by atoms with van der Waals surface area (Å²) in [4.78, 5) is 25.7. The largest absolute Gasteiger partial charge is 0.321 e. The van der Waals surface area contributed by atoms with Crippen LogP contribution in [0.25, 0.3) is 4.91 Å². The standard InChI is InChI=1S/C21H22FN3O2S/c1-3-4-13-25(20(27)18-7-5-6-8-19(18)22)21(24-23)28-15(2)17-11-9-16(14-26)10-12-17/h5-12,14H,2-4,13,23H2,1H3/b24-21-. The van der Waals surface area contributed by atoms with Gasteiger partial charge < -0.3 is 5.84 Å². The molecule has 7 heteroatoms. The van der Waals surface area contributed by atoms with Gasteiger partial charge >= 0.3 is 0 Å². The minimum Gasteiger partial charge on any atom is -0.321 e. The normalized spacial score (nSPS) is 11.1. The van der Waals surface area contributed by atoms with Gasteiger partial charge in [0, 0.05) is 17.0 Å². The number of carbonyl (C=O) groups excluding carboxylic acids is 2. The van der Waals surface area contributed by atoms with E-state index in [1.807, 2.05) is 6.92 Å². The van der Waals surface area contributed by atoms with Crippen molar-refractivity contribution in [3.8, 4) is 0 Å². The van der Waals surface area contributed by atoms with Gasteiger partial charge in [0.25, 0.3) is 5.91 Å². The number of hydrogen-bond acceptors (Lipinski definition) is 5. The summed E-state index contributed by atoms with van der Waals surface area (Å²) in [7, 11) is 0. The van der Waals surface area contributed by atoms with Gasteiger partial charge in [0.15, 0.2) is 5.17 Å². The fourth-order valence-corrected chi connectivity index (χ4v) is 3.26. The SMILES string of the molecule is C=C(S/C(=N\N)N(CCCC)C(=O)c1ccccc1F)c1ccc(C=O)cc1. The van der Waals surface area contributed by atoms with Gasteiger partial charge in [-0.1, -0.05) is 56.3 Å². The quantitative estimate of drug-likeness (QED) is 0.244. The molecule has 1 amide bonds. The van der Waals surface area contributed by atoms with Crippen molar-refractivity contribution in [3.63, 3.8) is 0 Å². The third-order valence-electron chi connectivity index (χ3n) is 4.01. The van der Waals surface area contributed by atoms with Crippen LogP contribution in [0.2, 0.25) is 0 Å². The maximum absolute atomic E-state index is 14.1. The summed E-state index contributed by atoms with van der Waals surface area (Å²) >= 11 is 1.12. The van der Waals surface area contributed by atoms with Crippen LogP contribution < -0.4 is 5.84 Å². The predicted octanol–water partition coefficient (Wildman–Crippen LogP) is 4.51.